The number of amides is 1. The van der Waals surface area contributed by atoms with Gasteiger partial charge in [0.15, 0.2) is 12.4 Å². The lowest BCUT2D eigenvalue weighted by molar-refractivity contribution is -0.119. The first-order chi connectivity index (χ1) is 15.1. The van der Waals surface area contributed by atoms with Gasteiger partial charge in [0.25, 0.3) is 5.91 Å². The summed E-state index contributed by atoms with van der Waals surface area (Å²) in [6, 6.07) is 19.3. The second-order valence-corrected chi connectivity index (χ2v) is 7.22. The van der Waals surface area contributed by atoms with Gasteiger partial charge in [-0.05, 0) is 37.1 Å². The topological polar surface area (TPSA) is 97.4 Å². The van der Waals surface area contributed by atoms with Crippen molar-refractivity contribution in [3.05, 3.63) is 89.6 Å². The van der Waals surface area contributed by atoms with Crippen molar-refractivity contribution < 1.29 is 19.1 Å². The van der Waals surface area contributed by atoms with Crippen molar-refractivity contribution in [1.82, 2.24) is 4.98 Å². The van der Waals surface area contributed by atoms with Crippen LogP contribution in [0.5, 0.6) is 0 Å². The van der Waals surface area contributed by atoms with Crippen LogP contribution in [0, 0.1) is 0 Å². The van der Waals surface area contributed by atoms with E-state index in [1.54, 1.807) is 60.7 Å². The van der Waals surface area contributed by atoms with Gasteiger partial charge < -0.3 is 15.4 Å². The van der Waals surface area contributed by atoms with Gasteiger partial charge in [-0.3, -0.25) is 9.59 Å². The SMILES string of the molecule is O=C(COC(=O)c1ccc(NC2CC2)nc1)Nc1ccccc1C(=O)c1ccccc1. The highest BCUT2D eigenvalue weighted by molar-refractivity contribution is 6.13. The molecule has 1 amide bonds. The van der Waals surface area contributed by atoms with Gasteiger partial charge in [-0.25, -0.2) is 9.78 Å². The number of ether oxygens (including phenoxy) is 1. The quantitative estimate of drug-likeness (QED) is 0.430. The van der Waals surface area contributed by atoms with E-state index in [2.05, 4.69) is 15.6 Å². The van der Waals surface area contributed by atoms with Crippen LogP contribution in [0.4, 0.5) is 11.5 Å². The molecule has 156 valence electrons. The van der Waals surface area contributed by atoms with Gasteiger partial charge in [-0.2, -0.15) is 0 Å². The maximum atomic E-state index is 12.7. The summed E-state index contributed by atoms with van der Waals surface area (Å²) in [5.41, 5.74) is 1.49. The molecule has 7 heteroatoms. The average Bonchev–Trinajstić information content (AvgIpc) is 3.62. The lowest BCUT2D eigenvalue weighted by Gasteiger charge is -2.11. The van der Waals surface area contributed by atoms with Gasteiger partial charge in [-0.1, -0.05) is 42.5 Å². The number of esters is 1. The Bertz CT molecular complexity index is 1090. The molecule has 1 aromatic heterocycles. The van der Waals surface area contributed by atoms with E-state index in [4.69, 9.17) is 4.74 Å². The largest absolute Gasteiger partial charge is 0.452 e. The number of carbonyl (C=O) groups excluding carboxylic acids is 3. The first kappa shape index (κ1) is 20.3. The Kier molecular flexibility index (Phi) is 6.03. The summed E-state index contributed by atoms with van der Waals surface area (Å²) < 4.78 is 5.08. The fourth-order valence-electron chi connectivity index (χ4n) is 2.97. The van der Waals surface area contributed by atoms with E-state index in [0.717, 1.165) is 12.8 Å². The molecule has 1 heterocycles. The molecule has 4 rings (SSSR count). The molecule has 0 radical (unpaired) electrons. The van der Waals surface area contributed by atoms with Crippen LogP contribution < -0.4 is 10.6 Å². The van der Waals surface area contributed by atoms with Gasteiger partial charge >= 0.3 is 5.97 Å². The summed E-state index contributed by atoms with van der Waals surface area (Å²) in [6.45, 7) is -0.477. The summed E-state index contributed by atoms with van der Waals surface area (Å²) in [4.78, 5) is 41.4. The molecule has 1 aliphatic carbocycles. The van der Waals surface area contributed by atoms with Gasteiger partial charge in [0.2, 0.25) is 0 Å². The van der Waals surface area contributed by atoms with Crippen LogP contribution in [0.15, 0.2) is 72.9 Å². The van der Waals surface area contributed by atoms with Gasteiger partial charge in [-0.15, -0.1) is 0 Å². The molecule has 1 fully saturated rings. The van der Waals surface area contributed by atoms with Crippen molar-refractivity contribution in [1.29, 1.82) is 0 Å². The first-order valence-electron chi connectivity index (χ1n) is 9.98. The van der Waals surface area contributed by atoms with Crippen LogP contribution in [-0.4, -0.2) is 35.3 Å². The van der Waals surface area contributed by atoms with E-state index in [9.17, 15) is 14.4 Å². The molecule has 0 spiro atoms. The second kappa shape index (κ2) is 9.21. The monoisotopic (exact) mass is 415 g/mol. The summed E-state index contributed by atoms with van der Waals surface area (Å²) >= 11 is 0. The number of ketones is 1. The van der Waals surface area contributed by atoms with E-state index in [1.807, 2.05) is 6.07 Å². The number of aromatic nitrogens is 1. The second-order valence-electron chi connectivity index (χ2n) is 7.22. The number of hydrogen-bond acceptors (Lipinski definition) is 6. The van der Waals surface area contributed by atoms with Crippen LogP contribution in [0.1, 0.15) is 39.1 Å². The zero-order valence-electron chi connectivity index (χ0n) is 16.7. The zero-order chi connectivity index (χ0) is 21.6. The van der Waals surface area contributed by atoms with Crippen LogP contribution >= 0.6 is 0 Å². The molecule has 0 bridgehead atoms. The Balaban J connectivity index is 1.34. The summed E-state index contributed by atoms with van der Waals surface area (Å²) in [5, 5.41) is 5.87. The number of nitrogens with one attached hydrogen (secondary N) is 2. The normalized spacial score (nSPS) is 12.6. The Morgan fingerprint density at radius 2 is 1.65 bits per heavy atom. The third-order valence-electron chi connectivity index (χ3n) is 4.74. The minimum absolute atomic E-state index is 0.209. The molecule has 0 atom stereocenters. The van der Waals surface area contributed by atoms with E-state index in [1.165, 1.54) is 6.20 Å². The zero-order valence-corrected chi connectivity index (χ0v) is 16.7. The standard InChI is InChI=1S/C24H21N3O4/c28-22(15-31-24(30)17-10-13-21(25-14-17)26-18-11-12-18)27-20-9-5-4-8-19(20)23(29)16-6-2-1-3-7-16/h1-10,13-14,18H,11-12,15H2,(H,25,26)(H,27,28). The highest BCUT2D eigenvalue weighted by Gasteiger charge is 2.21. The number of benzene rings is 2. The Hall–Kier alpha value is -4.00. The predicted octanol–water partition coefficient (Wildman–Crippen LogP) is 3.68. The minimum atomic E-state index is -0.644. The fourth-order valence-corrected chi connectivity index (χ4v) is 2.97. The molecule has 1 aliphatic rings. The number of carbonyl (C=O) groups is 3. The van der Waals surface area contributed by atoms with Gasteiger partial charge in [0, 0.05) is 23.4 Å². The van der Waals surface area contributed by atoms with E-state index < -0.39 is 18.5 Å². The molecule has 3 aromatic rings. The number of hydrogen-bond donors (Lipinski definition) is 2. The minimum Gasteiger partial charge on any atom is -0.452 e. The molecule has 0 unspecified atom stereocenters. The smallest absolute Gasteiger partial charge is 0.340 e. The van der Waals surface area contributed by atoms with E-state index >= 15 is 0 Å². The van der Waals surface area contributed by atoms with E-state index in [-0.39, 0.29) is 11.3 Å². The molecule has 2 N–H and O–H groups in total. The van der Waals surface area contributed by atoms with E-state index in [0.29, 0.717) is 28.7 Å². The number of nitrogens with zero attached hydrogens (tertiary/aromatic N) is 1. The highest BCUT2D eigenvalue weighted by Crippen LogP contribution is 2.23. The molecular weight excluding hydrogens is 394 g/mol. The van der Waals surface area contributed by atoms with Gasteiger partial charge in [0.05, 0.1) is 11.3 Å². The molecule has 7 nitrogen and oxygen atoms in total. The number of anilines is 2. The maximum absolute atomic E-state index is 12.7. The summed E-state index contributed by atoms with van der Waals surface area (Å²) in [7, 11) is 0. The van der Waals surface area contributed by atoms with Crippen LogP contribution in [0.2, 0.25) is 0 Å². The van der Waals surface area contributed by atoms with Gasteiger partial charge in [0.1, 0.15) is 5.82 Å². The number of pyridine rings is 1. The van der Waals surface area contributed by atoms with Crippen molar-refractivity contribution >= 4 is 29.2 Å². The van der Waals surface area contributed by atoms with Crippen LogP contribution in [0.3, 0.4) is 0 Å². The number of rotatable bonds is 8. The Labute approximate surface area is 179 Å². The van der Waals surface area contributed by atoms with Crippen molar-refractivity contribution in [3.8, 4) is 0 Å². The third kappa shape index (κ3) is 5.33. The lowest BCUT2D eigenvalue weighted by Crippen LogP contribution is -2.22. The number of para-hydroxylation sites is 1. The van der Waals surface area contributed by atoms with Crippen molar-refractivity contribution in [2.75, 3.05) is 17.2 Å². The highest BCUT2D eigenvalue weighted by atomic mass is 16.5. The first-order valence-corrected chi connectivity index (χ1v) is 9.98. The molecule has 0 aliphatic heterocycles. The summed E-state index contributed by atoms with van der Waals surface area (Å²) in [5.74, 6) is -0.688. The molecule has 31 heavy (non-hydrogen) atoms. The molecule has 2 aromatic carbocycles. The average molecular weight is 415 g/mol. The van der Waals surface area contributed by atoms with Crippen LogP contribution in [-0.2, 0) is 9.53 Å². The fraction of sp³-hybridized carbons (Fsp3) is 0.167. The van der Waals surface area contributed by atoms with Crippen molar-refractivity contribution in [2.24, 2.45) is 0 Å². The molecule has 0 saturated heterocycles. The Morgan fingerprint density at radius 1 is 0.903 bits per heavy atom. The van der Waals surface area contributed by atoms with Crippen LogP contribution in [0.25, 0.3) is 0 Å². The van der Waals surface area contributed by atoms with Crippen molar-refractivity contribution in [3.63, 3.8) is 0 Å². The lowest BCUT2D eigenvalue weighted by atomic mass is 10.0. The Morgan fingerprint density at radius 3 is 2.35 bits per heavy atom. The maximum Gasteiger partial charge on any atom is 0.340 e. The third-order valence-corrected chi connectivity index (χ3v) is 4.74. The van der Waals surface area contributed by atoms with Crippen molar-refractivity contribution in [2.45, 2.75) is 18.9 Å². The molecule has 1 saturated carbocycles. The predicted molar refractivity (Wildman–Crippen MR) is 116 cm³/mol. The summed E-state index contributed by atoms with van der Waals surface area (Å²) in [6.07, 6.45) is 3.67. The molecular formula is C24H21N3O4.